The summed E-state index contributed by atoms with van der Waals surface area (Å²) in [7, 11) is 1.27. The molecule has 0 aliphatic rings. The zero-order valence-corrected chi connectivity index (χ0v) is 8.83. The van der Waals surface area contributed by atoms with Crippen molar-refractivity contribution in [1.82, 2.24) is 4.98 Å². The molecule has 0 fully saturated rings. The number of carbonyl (C=O) groups is 1. The second-order valence-electron chi connectivity index (χ2n) is 3.21. The van der Waals surface area contributed by atoms with Crippen LogP contribution in [0.4, 0.5) is 8.78 Å². The molecule has 6 heteroatoms. The maximum atomic E-state index is 12.7. The summed E-state index contributed by atoms with van der Waals surface area (Å²) < 4.78 is 30.2. The van der Waals surface area contributed by atoms with Crippen molar-refractivity contribution in [1.29, 1.82) is 0 Å². The number of aliphatic carboxylic acids is 1. The fraction of sp³-hybridized carbons (Fsp3) is 0.400. The molecule has 0 saturated carbocycles. The Morgan fingerprint density at radius 2 is 2.25 bits per heavy atom. The lowest BCUT2D eigenvalue weighted by atomic mass is 10.1. The first-order valence-corrected chi connectivity index (χ1v) is 4.50. The van der Waals surface area contributed by atoms with Gasteiger partial charge in [0.05, 0.1) is 13.5 Å². The van der Waals surface area contributed by atoms with E-state index in [-0.39, 0.29) is 17.0 Å². The molecule has 0 aliphatic heterocycles. The molecule has 0 atom stereocenters. The van der Waals surface area contributed by atoms with Crippen LogP contribution in [0.5, 0.6) is 5.88 Å². The van der Waals surface area contributed by atoms with Crippen molar-refractivity contribution in [2.45, 2.75) is 19.8 Å². The number of halogens is 2. The van der Waals surface area contributed by atoms with Gasteiger partial charge in [0.1, 0.15) is 0 Å². The van der Waals surface area contributed by atoms with Gasteiger partial charge in [-0.3, -0.25) is 4.79 Å². The van der Waals surface area contributed by atoms with Crippen molar-refractivity contribution < 1.29 is 23.4 Å². The molecule has 1 rings (SSSR count). The second-order valence-corrected chi connectivity index (χ2v) is 3.21. The Kier molecular flexibility index (Phi) is 3.76. The Morgan fingerprint density at radius 3 is 2.69 bits per heavy atom. The molecular weight excluding hydrogens is 220 g/mol. The van der Waals surface area contributed by atoms with Crippen LogP contribution in [0, 0.1) is 6.92 Å². The number of aryl methyl sites for hydroxylation is 1. The lowest BCUT2D eigenvalue weighted by Crippen LogP contribution is -2.08. The van der Waals surface area contributed by atoms with Crippen LogP contribution in [0.1, 0.15) is 23.2 Å². The van der Waals surface area contributed by atoms with E-state index >= 15 is 0 Å². The van der Waals surface area contributed by atoms with Crippen molar-refractivity contribution in [3.63, 3.8) is 0 Å². The van der Waals surface area contributed by atoms with Crippen LogP contribution in [-0.4, -0.2) is 23.2 Å². The maximum absolute atomic E-state index is 12.7. The quantitative estimate of drug-likeness (QED) is 0.860. The third-order valence-corrected chi connectivity index (χ3v) is 2.01. The van der Waals surface area contributed by atoms with Gasteiger partial charge in [-0.15, -0.1) is 0 Å². The van der Waals surface area contributed by atoms with Crippen molar-refractivity contribution in [2.75, 3.05) is 7.11 Å². The summed E-state index contributed by atoms with van der Waals surface area (Å²) in [6, 6.07) is 1.17. The third-order valence-electron chi connectivity index (χ3n) is 2.01. The molecule has 0 aromatic carbocycles. The number of pyridine rings is 1. The summed E-state index contributed by atoms with van der Waals surface area (Å²) in [6.45, 7) is 1.54. The molecule has 1 aromatic heterocycles. The number of hydrogen-bond acceptors (Lipinski definition) is 3. The first-order valence-electron chi connectivity index (χ1n) is 4.50. The Labute approximate surface area is 90.9 Å². The van der Waals surface area contributed by atoms with Gasteiger partial charge in [-0.25, -0.2) is 13.8 Å². The molecule has 0 bridgehead atoms. The highest BCUT2D eigenvalue weighted by atomic mass is 19.3. The lowest BCUT2D eigenvalue weighted by Gasteiger charge is -2.12. The highest BCUT2D eigenvalue weighted by molar-refractivity contribution is 5.71. The highest BCUT2D eigenvalue weighted by Crippen LogP contribution is 2.29. The average molecular weight is 231 g/mol. The summed E-state index contributed by atoms with van der Waals surface area (Å²) in [5.41, 5.74) is -0.0522. The molecule has 0 spiro atoms. The first-order chi connectivity index (χ1) is 7.45. The molecule has 1 N–H and O–H groups in total. The van der Waals surface area contributed by atoms with E-state index in [1.165, 1.54) is 13.2 Å². The van der Waals surface area contributed by atoms with Crippen LogP contribution in [0.2, 0.25) is 0 Å². The molecule has 0 radical (unpaired) electrons. The van der Waals surface area contributed by atoms with Crippen LogP contribution >= 0.6 is 0 Å². The Bertz CT molecular complexity index is 407. The number of carboxylic acid groups (broad SMARTS) is 1. The minimum atomic E-state index is -2.75. The molecule has 16 heavy (non-hydrogen) atoms. The molecule has 0 saturated heterocycles. The van der Waals surface area contributed by atoms with Gasteiger partial charge in [-0.1, -0.05) is 0 Å². The number of methoxy groups -OCH3 is 1. The fourth-order valence-electron chi connectivity index (χ4n) is 1.39. The number of ether oxygens (including phenoxy) is 1. The van der Waals surface area contributed by atoms with E-state index in [9.17, 15) is 13.6 Å². The van der Waals surface area contributed by atoms with E-state index in [1.54, 1.807) is 6.92 Å². The lowest BCUT2D eigenvalue weighted by molar-refractivity contribution is -0.136. The largest absolute Gasteiger partial charge is 0.481 e. The smallest absolute Gasteiger partial charge is 0.308 e. The van der Waals surface area contributed by atoms with E-state index in [0.29, 0.717) is 5.69 Å². The van der Waals surface area contributed by atoms with Crippen LogP contribution in [0.15, 0.2) is 6.07 Å². The number of carboxylic acids is 1. The van der Waals surface area contributed by atoms with Gasteiger partial charge in [0, 0.05) is 16.8 Å². The predicted octanol–water partition coefficient (Wildman–Crippen LogP) is 1.96. The van der Waals surface area contributed by atoms with Gasteiger partial charge in [-0.05, 0) is 13.0 Å². The van der Waals surface area contributed by atoms with E-state index < -0.39 is 18.8 Å². The Morgan fingerprint density at radius 1 is 1.62 bits per heavy atom. The van der Waals surface area contributed by atoms with Gasteiger partial charge in [0.2, 0.25) is 5.88 Å². The number of alkyl halides is 2. The number of hydrogen-bond donors (Lipinski definition) is 1. The van der Waals surface area contributed by atoms with Crippen molar-refractivity contribution in [2.24, 2.45) is 0 Å². The minimum absolute atomic E-state index is 0.0577. The van der Waals surface area contributed by atoms with Crippen molar-refractivity contribution >= 4 is 5.97 Å². The SMILES string of the molecule is COc1nc(C)cc(C(F)F)c1CC(=O)O. The monoisotopic (exact) mass is 231 g/mol. The van der Waals surface area contributed by atoms with Gasteiger partial charge in [0.25, 0.3) is 6.43 Å². The average Bonchev–Trinajstić information content (AvgIpc) is 2.19. The van der Waals surface area contributed by atoms with E-state index in [2.05, 4.69) is 4.98 Å². The zero-order chi connectivity index (χ0) is 12.3. The van der Waals surface area contributed by atoms with Gasteiger partial charge >= 0.3 is 5.97 Å². The molecule has 1 aromatic rings. The van der Waals surface area contributed by atoms with Gasteiger partial charge in [0.15, 0.2) is 0 Å². The first kappa shape index (κ1) is 12.4. The second kappa shape index (κ2) is 4.87. The maximum Gasteiger partial charge on any atom is 0.308 e. The van der Waals surface area contributed by atoms with E-state index in [0.717, 1.165) is 0 Å². The Balaban J connectivity index is 3.32. The van der Waals surface area contributed by atoms with Crippen LogP contribution in [0.3, 0.4) is 0 Å². The fourth-order valence-corrected chi connectivity index (χ4v) is 1.39. The third kappa shape index (κ3) is 2.65. The molecular formula is C10H11F2NO3. The molecule has 0 unspecified atom stereocenters. The predicted molar refractivity (Wildman–Crippen MR) is 51.8 cm³/mol. The standard InChI is InChI=1S/C10H11F2NO3/c1-5-3-6(9(11)12)7(4-8(14)15)10(13-5)16-2/h3,9H,4H2,1-2H3,(H,14,15). The summed E-state index contributed by atoms with van der Waals surface area (Å²) in [6.07, 6.45) is -3.28. The summed E-state index contributed by atoms with van der Waals surface area (Å²) >= 11 is 0. The van der Waals surface area contributed by atoms with Crippen LogP contribution in [0.25, 0.3) is 0 Å². The van der Waals surface area contributed by atoms with Crippen LogP contribution < -0.4 is 4.74 Å². The molecule has 4 nitrogen and oxygen atoms in total. The normalized spacial score (nSPS) is 10.6. The van der Waals surface area contributed by atoms with Gasteiger partial charge < -0.3 is 9.84 Å². The van der Waals surface area contributed by atoms with Crippen molar-refractivity contribution in [3.8, 4) is 5.88 Å². The highest BCUT2D eigenvalue weighted by Gasteiger charge is 2.20. The van der Waals surface area contributed by atoms with E-state index in [1.807, 2.05) is 0 Å². The topological polar surface area (TPSA) is 59.4 Å². The Hall–Kier alpha value is -1.72. The van der Waals surface area contributed by atoms with Gasteiger partial charge in [-0.2, -0.15) is 0 Å². The zero-order valence-electron chi connectivity index (χ0n) is 8.83. The molecule has 88 valence electrons. The summed E-state index contributed by atoms with van der Waals surface area (Å²) in [5, 5.41) is 8.63. The molecule has 1 heterocycles. The van der Waals surface area contributed by atoms with Crippen LogP contribution in [-0.2, 0) is 11.2 Å². The minimum Gasteiger partial charge on any atom is -0.481 e. The molecule has 0 amide bonds. The number of aromatic nitrogens is 1. The van der Waals surface area contributed by atoms with E-state index in [4.69, 9.17) is 9.84 Å². The van der Waals surface area contributed by atoms with Crippen molar-refractivity contribution in [3.05, 3.63) is 22.9 Å². The summed E-state index contributed by atoms with van der Waals surface area (Å²) in [4.78, 5) is 14.4. The number of rotatable bonds is 4. The summed E-state index contributed by atoms with van der Waals surface area (Å²) in [5.74, 6) is -1.26. The number of nitrogens with zero attached hydrogens (tertiary/aromatic N) is 1. The molecule has 0 aliphatic carbocycles.